The Morgan fingerprint density at radius 2 is 1.56 bits per heavy atom. The molecule has 0 amide bonds. The van der Waals surface area contributed by atoms with Crippen LogP contribution in [0.1, 0.15) is 49.7 Å². The molecule has 0 atom stereocenters. The van der Waals surface area contributed by atoms with Gasteiger partial charge in [-0.2, -0.15) is 13.2 Å². The maximum Gasteiger partial charge on any atom is 0.391 e. The van der Waals surface area contributed by atoms with Crippen molar-refractivity contribution >= 4 is 0 Å². The van der Waals surface area contributed by atoms with Crippen LogP contribution in [0.4, 0.5) is 13.2 Å². The normalized spacial score (nSPS) is 25.1. The molecule has 1 aromatic carbocycles. The van der Waals surface area contributed by atoms with E-state index in [1.165, 1.54) is 11.1 Å². The highest BCUT2D eigenvalue weighted by atomic mass is 19.4. The van der Waals surface area contributed by atoms with Gasteiger partial charge in [-0.15, -0.1) is 0 Å². The molecule has 0 N–H and O–H groups in total. The number of benzene rings is 1. The first kappa shape index (κ1) is 13.4. The summed E-state index contributed by atoms with van der Waals surface area (Å²) in [4.78, 5) is 0. The van der Waals surface area contributed by atoms with Crippen LogP contribution in [0, 0.1) is 5.92 Å². The highest BCUT2D eigenvalue weighted by Crippen LogP contribution is 2.42. The Morgan fingerprint density at radius 3 is 2.00 bits per heavy atom. The fourth-order valence-corrected chi connectivity index (χ4v) is 2.78. The Hall–Kier alpha value is -0.990. The summed E-state index contributed by atoms with van der Waals surface area (Å²) in [6.07, 6.45) is -1.11. The predicted octanol–water partition coefficient (Wildman–Crippen LogP) is 5.09. The van der Waals surface area contributed by atoms with Crippen LogP contribution in [-0.4, -0.2) is 6.18 Å². The molecule has 2 rings (SSSR count). The van der Waals surface area contributed by atoms with Gasteiger partial charge in [0.15, 0.2) is 0 Å². The van der Waals surface area contributed by atoms with Gasteiger partial charge in [0, 0.05) is 0 Å². The lowest BCUT2D eigenvalue weighted by Gasteiger charge is -2.30. The van der Waals surface area contributed by atoms with E-state index < -0.39 is 12.1 Å². The van der Waals surface area contributed by atoms with Gasteiger partial charge in [0.25, 0.3) is 0 Å². The third kappa shape index (κ3) is 3.06. The number of aryl methyl sites for hydroxylation is 1. The SMILES string of the molecule is CCc1ccc([C@H]2CC[C@@H](C(F)(F)F)CC2)cc1. The summed E-state index contributed by atoms with van der Waals surface area (Å²) in [5.74, 6) is -0.766. The second-order valence-electron chi connectivity index (χ2n) is 5.19. The smallest absolute Gasteiger partial charge is 0.171 e. The van der Waals surface area contributed by atoms with E-state index in [0.717, 1.165) is 6.42 Å². The lowest BCUT2D eigenvalue weighted by molar-refractivity contribution is -0.182. The second kappa shape index (κ2) is 5.33. The van der Waals surface area contributed by atoms with E-state index in [0.29, 0.717) is 18.8 Å². The molecule has 1 aliphatic carbocycles. The Kier molecular flexibility index (Phi) is 3.98. The van der Waals surface area contributed by atoms with Crippen LogP contribution in [0.5, 0.6) is 0 Å². The summed E-state index contributed by atoms with van der Waals surface area (Å²) in [6, 6.07) is 8.34. The van der Waals surface area contributed by atoms with Crippen LogP contribution in [-0.2, 0) is 6.42 Å². The molecule has 0 aliphatic heterocycles. The van der Waals surface area contributed by atoms with Gasteiger partial charge in [-0.05, 0) is 49.1 Å². The minimum absolute atomic E-state index is 0.281. The van der Waals surface area contributed by atoms with Crippen molar-refractivity contribution in [2.24, 2.45) is 5.92 Å². The molecule has 0 heterocycles. The molecule has 3 heteroatoms. The lowest BCUT2D eigenvalue weighted by atomic mass is 9.78. The average Bonchev–Trinajstić information content (AvgIpc) is 2.38. The topological polar surface area (TPSA) is 0 Å². The highest BCUT2D eigenvalue weighted by Gasteiger charge is 2.41. The summed E-state index contributed by atoms with van der Waals surface area (Å²) in [5, 5.41) is 0. The van der Waals surface area contributed by atoms with Crippen LogP contribution >= 0.6 is 0 Å². The van der Waals surface area contributed by atoms with E-state index >= 15 is 0 Å². The highest BCUT2D eigenvalue weighted by molar-refractivity contribution is 5.25. The Labute approximate surface area is 106 Å². The number of rotatable bonds is 2. The number of hydrogen-bond acceptors (Lipinski definition) is 0. The van der Waals surface area contributed by atoms with Gasteiger partial charge in [0.2, 0.25) is 0 Å². The Morgan fingerprint density at radius 1 is 1.00 bits per heavy atom. The molecule has 1 aromatic rings. The quantitative estimate of drug-likeness (QED) is 0.691. The van der Waals surface area contributed by atoms with Crippen molar-refractivity contribution in [3.63, 3.8) is 0 Å². The summed E-state index contributed by atoms with van der Waals surface area (Å²) in [7, 11) is 0. The van der Waals surface area contributed by atoms with Gasteiger partial charge in [-0.1, -0.05) is 31.2 Å². The van der Waals surface area contributed by atoms with Gasteiger partial charge >= 0.3 is 6.18 Å². The number of halogens is 3. The maximum atomic E-state index is 12.6. The molecule has 18 heavy (non-hydrogen) atoms. The molecule has 0 bridgehead atoms. The third-order valence-corrected chi connectivity index (χ3v) is 4.05. The molecule has 0 aromatic heterocycles. The monoisotopic (exact) mass is 256 g/mol. The van der Waals surface area contributed by atoms with Crippen molar-refractivity contribution in [1.82, 2.24) is 0 Å². The van der Waals surface area contributed by atoms with Crippen LogP contribution in [0.25, 0.3) is 0 Å². The first-order valence-electron chi connectivity index (χ1n) is 6.66. The summed E-state index contributed by atoms with van der Waals surface area (Å²) in [6.45, 7) is 2.10. The van der Waals surface area contributed by atoms with Gasteiger partial charge in [0.05, 0.1) is 5.92 Å². The Balaban J connectivity index is 1.96. The zero-order valence-electron chi connectivity index (χ0n) is 10.6. The molecule has 1 aliphatic rings. The van der Waals surface area contributed by atoms with Crippen LogP contribution < -0.4 is 0 Å². The predicted molar refractivity (Wildman–Crippen MR) is 66.6 cm³/mol. The van der Waals surface area contributed by atoms with Gasteiger partial charge in [-0.3, -0.25) is 0 Å². The molecule has 0 unspecified atom stereocenters. The first-order valence-corrected chi connectivity index (χ1v) is 6.66. The molecule has 1 saturated carbocycles. The van der Waals surface area contributed by atoms with E-state index in [9.17, 15) is 13.2 Å². The van der Waals surface area contributed by atoms with Crippen LogP contribution in [0.3, 0.4) is 0 Å². The molecule has 0 spiro atoms. The summed E-state index contributed by atoms with van der Waals surface area (Å²) >= 11 is 0. The minimum Gasteiger partial charge on any atom is -0.171 e. The summed E-state index contributed by atoms with van der Waals surface area (Å²) in [5.41, 5.74) is 2.48. The van der Waals surface area contributed by atoms with E-state index in [1.807, 2.05) is 0 Å². The maximum absolute atomic E-state index is 12.6. The van der Waals surface area contributed by atoms with Crippen molar-refractivity contribution in [2.45, 2.75) is 51.1 Å². The van der Waals surface area contributed by atoms with Crippen molar-refractivity contribution in [3.05, 3.63) is 35.4 Å². The van der Waals surface area contributed by atoms with Crippen molar-refractivity contribution in [3.8, 4) is 0 Å². The van der Waals surface area contributed by atoms with E-state index in [2.05, 4.69) is 31.2 Å². The Bertz CT molecular complexity index is 370. The molecule has 0 radical (unpaired) electrons. The van der Waals surface area contributed by atoms with Gasteiger partial charge < -0.3 is 0 Å². The van der Waals surface area contributed by atoms with Crippen molar-refractivity contribution in [2.75, 3.05) is 0 Å². The molecular weight excluding hydrogens is 237 g/mol. The van der Waals surface area contributed by atoms with Crippen LogP contribution in [0.15, 0.2) is 24.3 Å². The molecule has 0 nitrogen and oxygen atoms in total. The molecule has 0 saturated heterocycles. The van der Waals surface area contributed by atoms with E-state index in [4.69, 9.17) is 0 Å². The lowest BCUT2D eigenvalue weighted by Crippen LogP contribution is -2.27. The van der Waals surface area contributed by atoms with E-state index in [1.54, 1.807) is 0 Å². The van der Waals surface area contributed by atoms with Crippen molar-refractivity contribution in [1.29, 1.82) is 0 Å². The number of alkyl halides is 3. The largest absolute Gasteiger partial charge is 0.391 e. The van der Waals surface area contributed by atoms with Crippen molar-refractivity contribution < 1.29 is 13.2 Å². The fourth-order valence-electron chi connectivity index (χ4n) is 2.78. The zero-order valence-corrected chi connectivity index (χ0v) is 10.6. The first-order chi connectivity index (χ1) is 8.50. The molecule has 1 fully saturated rings. The standard InChI is InChI=1S/C15H19F3/c1-2-11-3-5-12(6-4-11)13-7-9-14(10-8-13)15(16,17)18/h3-6,13-14H,2,7-10H2,1H3/t13-,14+. The van der Waals surface area contributed by atoms with Gasteiger partial charge in [0.1, 0.15) is 0 Å². The zero-order chi connectivity index (χ0) is 13.2. The fraction of sp³-hybridized carbons (Fsp3) is 0.600. The summed E-state index contributed by atoms with van der Waals surface area (Å²) < 4.78 is 37.7. The van der Waals surface area contributed by atoms with Crippen LogP contribution in [0.2, 0.25) is 0 Å². The number of hydrogen-bond donors (Lipinski definition) is 0. The minimum atomic E-state index is -4.00. The van der Waals surface area contributed by atoms with Gasteiger partial charge in [-0.25, -0.2) is 0 Å². The molecular formula is C15H19F3. The average molecular weight is 256 g/mol. The molecule has 100 valence electrons. The third-order valence-electron chi connectivity index (χ3n) is 4.05. The van der Waals surface area contributed by atoms with E-state index in [-0.39, 0.29) is 12.8 Å². The second-order valence-corrected chi connectivity index (χ2v) is 5.19.